The summed E-state index contributed by atoms with van der Waals surface area (Å²) in [5.74, 6) is -1.54. The number of rotatable bonds is 4. The van der Waals surface area contributed by atoms with Gasteiger partial charge in [0.15, 0.2) is 0 Å². The van der Waals surface area contributed by atoms with Crippen molar-refractivity contribution in [3.63, 3.8) is 0 Å². The third kappa shape index (κ3) is 4.95. The van der Waals surface area contributed by atoms with E-state index in [9.17, 15) is 19.2 Å². The second-order valence-corrected chi connectivity index (χ2v) is 9.34. The molecule has 3 aromatic rings. The lowest BCUT2D eigenvalue weighted by molar-refractivity contribution is -0.141. The number of fused-ring (bicyclic) bond motifs is 2. The number of benzene rings is 2. The molecule has 36 heavy (non-hydrogen) atoms. The average molecular weight is 488 g/mol. The Balaban J connectivity index is 1.45. The van der Waals surface area contributed by atoms with Crippen molar-refractivity contribution in [2.45, 2.75) is 43.8 Å². The average Bonchev–Trinajstić information content (AvgIpc) is 3.54. The van der Waals surface area contributed by atoms with Crippen LogP contribution in [0.3, 0.4) is 0 Å². The third-order valence-electron chi connectivity index (χ3n) is 6.94. The Kier molecular flexibility index (Phi) is 6.71. The Labute approximate surface area is 208 Å². The molecule has 0 radical (unpaired) electrons. The first-order valence-corrected chi connectivity index (χ1v) is 12.3. The molecule has 4 N–H and O–H groups in total. The molecular weight excluding hydrogens is 458 g/mol. The van der Waals surface area contributed by atoms with Crippen LogP contribution in [-0.4, -0.2) is 64.7 Å². The molecule has 0 spiro atoms. The van der Waals surface area contributed by atoms with Crippen molar-refractivity contribution in [1.82, 2.24) is 25.8 Å². The van der Waals surface area contributed by atoms with Gasteiger partial charge in [-0.3, -0.25) is 19.2 Å². The van der Waals surface area contributed by atoms with Gasteiger partial charge in [0.25, 0.3) is 0 Å². The van der Waals surface area contributed by atoms with E-state index < -0.39 is 29.9 Å². The Morgan fingerprint density at radius 3 is 2.36 bits per heavy atom. The van der Waals surface area contributed by atoms with Gasteiger partial charge in [0.05, 0.1) is 6.54 Å². The first kappa shape index (κ1) is 23.6. The number of hydrogen-bond acceptors (Lipinski definition) is 4. The van der Waals surface area contributed by atoms with Gasteiger partial charge in [-0.05, 0) is 30.0 Å². The standard InChI is InChI=1S/C27H29N5O4/c33-24-16-29-25(34)22(14-18-15-28-20-10-5-4-9-19(18)20)30-26(35)21(13-17-7-2-1-3-8-17)31-27(36)23-11-6-12-32(23)24/h1-5,7-10,15,21-23,28H,6,11-14,16H2,(H,29,34)(H,30,35)(H,31,36)/t21-,22-,23+/m0/s1. The van der Waals surface area contributed by atoms with E-state index in [1.165, 1.54) is 4.90 Å². The number of H-pyrrole nitrogens is 1. The molecule has 2 fully saturated rings. The van der Waals surface area contributed by atoms with Crippen LogP contribution in [0.25, 0.3) is 10.9 Å². The molecule has 3 atom stereocenters. The second kappa shape index (κ2) is 10.2. The van der Waals surface area contributed by atoms with Crippen LogP contribution in [0.4, 0.5) is 0 Å². The van der Waals surface area contributed by atoms with Crippen molar-refractivity contribution in [3.8, 4) is 0 Å². The molecule has 2 aliphatic rings. The molecule has 5 rings (SSSR count). The van der Waals surface area contributed by atoms with Crippen LogP contribution in [0.5, 0.6) is 0 Å². The van der Waals surface area contributed by atoms with E-state index in [0.717, 1.165) is 22.0 Å². The molecule has 0 unspecified atom stereocenters. The van der Waals surface area contributed by atoms with Gasteiger partial charge in [-0.25, -0.2) is 0 Å². The fourth-order valence-corrected chi connectivity index (χ4v) is 5.05. The smallest absolute Gasteiger partial charge is 0.243 e. The Morgan fingerprint density at radius 2 is 1.53 bits per heavy atom. The van der Waals surface area contributed by atoms with Crippen molar-refractivity contribution >= 4 is 34.5 Å². The maximum absolute atomic E-state index is 13.5. The van der Waals surface area contributed by atoms with Crippen LogP contribution in [0.2, 0.25) is 0 Å². The molecule has 2 aliphatic heterocycles. The van der Waals surface area contributed by atoms with Crippen molar-refractivity contribution in [2.75, 3.05) is 13.1 Å². The Bertz CT molecular complexity index is 1290. The first-order valence-electron chi connectivity index (χ1n) is 12.3. The predicted molar refractivity (Wildman–Crippen MR) is 134 cm³/mol. The van der Waals surface area contributed by atoms with Crippen molar-refractivity contribution in [2.24, 2.45) is 0 Å². The maximum Gasteiger partial charge on any atom is 0.243 e. The van der Waals surface area contributed by atoms with Gasteiger partial charge in [-0.1, -0.05) is 48.5 Å². The molecule has 9 nitrogen and oxygen atoms in total. The highest BCUT2D eigenvalue weighted by Crippen LogP contribution is 2.21. The van der Waals surface area contributed by atoms with E-state index in [-0.39, 0.29) is 31.2 Å². The fraction of sp³-hybridized carbons (Fsp3) is 0.333. The lowest BCUT2D eigenvalue weighted by atomic mass is 10.0. The SMILES string of the molecule is O=C1NCC(=O)N2CCC[C@@H]2C(=O)N[C@@H](Cc2ccccc2)C(=O)N[C@H]1Cc1c[nH]c2ccccc12. The van der Waals surface area contributed by atoms with E-state index >= 15 is 0 Å². The van der Waals surface area contributed by atoms with Crippen molar-refractivity contribution < 1.29 is 19.2 Å². The summed E-state index contributed by atoms with van der Waals surface area (Å²) in [6.45, 7) is 0.220. The number of aromatic nitrogens is 1. The highest BCUT2D eigenvalue weighted by atomic mass is 16.2. The third-order valence-corrected chi connectivity index (χ3v) is 6.94. The molecule has 2 saturated heterocycles. The predicted octanol–water partition coefficient (Wildman–Crippen LogP) is 1.04. The van der Waals surface area contributed by atoms with E-state index in [0.29, 0.717) is 19.4 Å². The lowest BCUT2D eigenvalue weighted by Crippen LogP contribution is -2.59. The fourth-order valence-electron chi connectivity index (χ4n) is 5.05. The summed E-state index contributed by atoms with van der Waals surface area (Å²) in [4.78, 5) is 57.4. The van der Waals surface area contributed by atoms with Gasteiger partial charge in [-0.2, -0.15) is 0 Å². The summed E-state index contributed by atoms with van der Waals surface area (Å²) in [6, 6.07) is 14.6. The van der Waals surface area contributed by atoms with Crippen LogP contribution in [0.15, 0.2) is 60.8 Å². The normalized spacial score (nSPS) is 23.3. The maximum atomic E-state index is 13.5. The molecule has 4 amide bonds. The summed E-state index contributed by atoms with van der Waals surface area (Å²) in [5, 5.41) is 9.36. The molecule has 186 valence electrons. The number of nitrogens with zero attached hydrogens (tertiary/aromatic N) is 1. The molecule has 0 saturated carbocycles. The molecule has 9 heteroatoms. The minimum Gasteiger partial charge on any atom is -0.361 e. The zero-order valence-electron chi connectivity index (χ0n) is 19.8. The van der Waals surface area contributed by atoms with Crippen LogP contribution in [0, 0.1) is 0 Å². The minimum atomic E-state index is -0.923. The summed E-state index contributed by atoms with van der Waals surface area (Å²) in [6.07, 6.45) is 3.53. The Hall–Kier alpha value is -4.14. The number of amides is 4. The minimum absolute atomic E-state index is 0.226. The van der Waals surface area contributed by atoms with Crippen LogP contribution < -0.4 is 16.0 Å². The van der Waals surface area contributed by atoms with Gasteiger partial charge in [0.2, 0.25) is 23.6 Å². The highest BCUT2D eigenvalue weighted by Gasteiger charge is 2.37. The van der Waals surface area contributed by atoms with E-state index in [4.69, 9.17) is 0 Å². The van der Waals surface area contributed by atoms with Crippen LogP contribution in [-0.2, 0) is 32.0 Å². The van der Waals surface area contributed by atoms with Crippen molar-refractivity contribution in [3.05, 3.63) is 71.9 Å². The molecule has 1 aromatic heterocycles. The molecular formula is C27H29N5O4. The number of carbonyl (C=O) groups is 4. The number of carbonyl (C=O) groups excluding carboxylic acids is 4. The number of nitrogens with one attached hydrogen (secondary N) is 4. The monoisotopic (exact) mass is 487 g/mol. The summed E-state index contributed by atoms with van der Waals surface area (Å²) in [5.41, 5.74) is 2.67. The van der Waals surface area contributed by atoms with Crippen LogP contribution >= 0.6 is 0 Å². The second-order valence-electron chi connectivity index (χ2n) is 9.34. The lowest BCUT2D eigenvalue weighted by Gasteiger charge is -2.29. The van der Waals surface area contributed by atoms with Crippen molar-refractivity contribution in [1.29, 1.82) is 0 Å². The number of aromatic amines is 1. The Morgan fingerprint density at radius 1 is 0.806 bits per heavy atom. The summed E-state index contributed by atoms with van der Waals surface area (Å²) in [7, 11) is 0. The van der Waals surface area contributed by atoms with Gasteiger partial charge < -0.3 is 25.8 Å². The molecule has 0 bridgehead atoms. The highest BCUT2D eigenvalue weighted by molar-refractivity contribution is 5.97. The zero-order chi connectivity index (χ0) is 25.1. The summed E-state index contributed by atoms with van der Waals surface area (Å²) >= 11 is 0. The quantitative estimate of drug-likeness (QED) is 0.439. The van der Waals surface area contributed by atoms with E-state index in [2.05, 4.69) is 20.9 Å². The van der Waals surface area contributed by atoms with Gasteiger partial charge >= 0.3 is 0 Å². The van der Waals surface area contributed by atoms with Gasteiger partial charge in [0, 0.05) is 36.5 Å². The largest absolute Gasteiger partial charge is 0.361 e. The van der Waals surface area contributed by atoms with E-state index in [1.807, 2.05) is 60.8 Å². The first-order chi connectivity index (χ1) is 17.5. The topological polar surface area (TPSA) is 123 Å². The van der Waals surface area contributed by atoms with E-state index in [1.54, 1.807) is 0 Å². The zero-order valence-corrected chi connectivity index (χ0v) is 19.8. The number of hydrogen-bond donors (Lipinski definition) is 4. The van der Waals surface area contributed by atoms with Gasteiger partial charge in [-0.15, -0.1) is 0 Å². The number of para-hydroxylation sites is 1. The molecule has 3 heterocycles. The van der Waals surface area contributed by atoms with Gasteiger partial charge in [0.1, 0.15) is 18.1 Å². The summed E-state index contributed by atoms with van der Waals surface area (Å²) < 4.78 is 0. The van der Waals surface area contributed by atoms with Crippen LogP contribution in [0.1, 0.15) is 24.0 Å². The molecule has 2 aromatic carbocycles. The molecule has 0 aliphatic carbocycles.